The molecule has 0 N–H and O–H groups in total. The number of aromatic nitrogens is 1. The number of hydrogen-bond donors (Lipinski definition) is 0. The van der Waals surface area contributed by atoms with Crippen LogP contribution in [0.2, 0.25) is 0 Å². The number of benzene rings is 1. The fourth-order valence-electron chi connectivity index (χ4n) is 3.49. The van der Waals surface area contributed by atoms with E-state index in [9.17, 15) is 4.79 Å². The molecule has 0 aliphatic carbocycles. The molecule has 3 nitrogen and oxygen atoms in total. The van der Waals surface area contributed by atoms with E-state index in [1.165, 1.54) is 10.4 Å². The van der Waals surface area contributed by atoms with E-state index in [1.54, 1.807) is 11.3 Å². The fourth-order valence-corrected chi connectivity index (χ4v) is 5.25. The molecule has 0 bridgehead atoms. The van der Waals surface area contributed by atoms with E-state index in [2.05, 4.69) is 40.4 Å². The number of hydrogen-bond acceptors (Lipinski definition) is 4. The monoisotopic (exact) mass is 368 g/mol. The quantitative estimate of drug-likeness (QED) is 0.653. The number of carbonyl (C=O) groups is 1. The van der Waals surface area contributed by atoms with Crippen molar-refractivity contribution in [1.29, 1.82) is 0 Å². The van der Waals surface area contributed by atoms with Crippen LogP contribution in [0.1, 0.15) is 35.5 Å². The lowest BCUT2D eigenvalue weighted by Crippen LogP contribution is -2.40. The first-order chi connectivity index (χ1) is 12.3. The van der Waals surface area contributed by atoms with E-state index in [1.807, 2.05) is 34.9 Å². The number of amides is 1. The molecule has 1 amide bonds. The molecule has 1 aliphatic rings. The van der Waals surface area contributed by atoms with Crippen molar-refractivity contribution in [2.24, 2.45) is 0 Å². The Morgan fingerprint density at radius 2 is 2.08 bits per heavy atom. The Kier molecular flexibility index (Phi) is 4.68. The third-order valence-corrected chi connectivity index (χ3v) is 6.64. The number of rotatable bonds is 4. The van der Waals surface area contributed by atoms with Crippen molar-refractivity contribution in [2.75, 3.05) is 6.54 Å². The summed E-state index contributed by atoms with van der Waals surface area (Å²) in [6.45, 7) is 2.98. The molecule has 0 radical (unpaired) electrons. The molecule has 1 aliphatic heterocycles. The summed E-state index contributed by atoms with van der Waals surface area (Å²) in [6.07, 6.45) is 2.32. The Balaban J connectivity index is 1.50. The van der Waals surface area contributed by atoms with Crippen molar-refractivity contribution in [1.82, 2.24) is 9.88 Å². The Morgan fingerprint density at radius 3 is 2.88 bits per heavy atom. The minimum Gasteiger partial charge on any atom is -0.335 e. The lowest BCUT2D eigenvalue weighted by Gasteiger charge is -2.35. The maximum atomic E-state index is 12.9. The van der Waals surface area contributed by atoms with Crippen LogP contribution in [0.25, 0.3) is 10.6 Å². The zero-order chi connectivity index (χ0) is 17.2. The maximum absolute atomic E-state index is 12.9. The SMILES string of the molecule is CCC1c2ccsc2CCN1C(=O)Cc1csc(-c2ccccc2)n1. The van der Waals surface area contributed by atoms with Crippen LogP contribution >= 0.6 is 22.7 Å². The van der Waals surface area contributed by atoms with Crippen molar-refractivity contribution in [3.63, 3.8) is 0 Å². The van der Waals surface area contributed by atoms with Gasteiger partial charge in [-0.2, -0.15) is 0 Å². The third-order valence-electron chi connectivity index (χ3n) is 4.71. The van der Waals surface area contributed by atoms with Crippen LogP contribution < -0.4 is 0 Å². The predicted molar refractivity (Wildman–Crippen MR) is 104 cm³/mol. The van der Waals surface area contributed by atoms with Crippen LogP contribution in [0.4, 0.5) is 0 Å². The second-order valence-electron chi connectivity index (χ2n) is 6.25. The Hall–Kier alpha value is -1.98. The molecule has 1 unspecified atom stereocenters. The summed E-state index contributed by atoms with van der Waals surface area (Å²) in [4.78, 5) is 21.1. The topological polar surface area (TPSA) is 33.2 Å². The largest absolute Gasteiger partial charge is 0.335 e. The van der Waals surface area contributed by atoms with E-state index in [0.29, 0.717) is 6.42 Å². The van der Waals surface area contributed by atoms with Gasteiger partial charge in [-0.15, -0.1) is 22.7 Å². The van der Waals surface area contributed by atoms with Crippen LogP contribution in [0.15, 0.2) is 47.2 Å². The van der Waals surface area contributed by atoms with E-state index in [4.69, 9.17) is 0 Å². The first kappa shape index (κ1) is 16.5. The molecule has 0 fully saturated rings. The molecule has 1 aromatic carbocycles. The maximum Gasteiger partial charge on any atom is 0.229 e. The van der Waals surface area contributed by atoms with Gasteiger partial charge in [0.25, 0.3) is 0 Å². The van der Waals surface area contributed by atoms with Gasteiger partial charge >= 0.3 is 0 Å². The lowest BCUT2D eigenvalue weighted by atomic mass is 9.97. The lowest BCUT2D eigenvalue weighted by molar-refractivity contribution is -0.133. The Labute approximate surface area is 156 Å². The van der Waals surface area contributed by atoms with Gasteiger partial charge in [0.1, 0.15) is 5.01 Å². The molecular formula is C20H20N2OS2. The smallest absolute Gasteiger partial charge is 0.229 e. The first-order valence-corrected chi connectivity index (χ1v) is 10.4. The molecule has 2 aromatic heterocycles. The molecule has 5 heteroatoms. The summed E-state index contributed by atoms with van der Waals surface area (Å²) in [6, 6.07) is 12.5. The van der Waals surface area contributed by atoms with Gasteiger partial charge in [-0.05, 0) is 29.9 Å². The van der Waals surface area contributed by atoms with Gasteiger partial charge in [-0.1, -0.05) is 37.3 Å². The summed E-state index contributed by atoms with van der Waals surface area (Å²) in [5.41, 5.74) is 3.33. The predicted octanol–water partition coefficient (Wildman–Crippen LogP) is 4.95. The molecular weight excluding hydrogens is 348 g/mol. The van der Waals surface area contributed by atoms with Gasteiger partial charge < -0.3 is 4.90 Å². The highest BCUT2D eigenvalue weighted by atomic mass is 32.1. The van der Waals surface area contributed by atoms with Crippen molar-refractivity contribution in [3.8, 4) is 10.6 Å². The molecule has 4 rings (SSSR count). The molecule has 25 heavy (non-hydrogen) atoms. The van der Waals surface area contributed by atoms with Gasteiger partial charge in [0.05, 0.1) is 18.2 Å². The number of nitrogens with zero attached hydrogens (tertiary/aromatic N) is 2. The van der Waals surface area contributed by atoms with Crippen LogP contribution in [-0.4, -0.2) is 22.3 Å². The van der Waals surface area contributed by atoms with Crippen molar-refractivity contribution in [3.05, 3.63) is 63.3 Å². The molecule has 3 heterocycles. The van der Waals surface area contributed by atoms with Crippen molar-refractivity contribution >= 4 is 28.6 Å². The van der Waals surface area contributed by atoms with Crippen LogP contribution in [0.5, 0.6) is 0 Å². The molecule has 0 saturated heterocycles. The first-order valence-electron chi connectivity index (χ1n) is 8.62. The minimum atomic E-state index is 0.189. The van der Waals surface area contributed by atoms with Crippen LogP contribution in [0, 0.1) is 0 Å². The van der Waals surface area contributed by atoms with Gasteiger partial charge in [0, 0.05) is 22.4 Å². The number of carbonyl (C=O) groups excluding carboxylic acids is 1. The normalized spacial score (nSPS) is 16.7. The molecule has 128 valence electrons. The summed E-state index contributed by atoms with van der Waals surface area (Å²) in [5.74, 6) is 0.189. The molecule has 0 spiro atoms. The highest BCUT2D eigenvalue weighted by Crippen LogP contribution is 2.35. The summed E-state index contributed by atoms with van der Waals surface area (Å²) in [5, 5.41) is 5.14. The zero-order valence-corrected chi connectivity index (χ0v) is 15.8. The number of fused-ring (bicyclic) bond motifs is 1. The minimum absolute atomic E-state index is 0.189. The highest BCUT2D eigenvalue weighted by molar-refractivity contribution is 7.13. The van der Waals surface area contributed by atoms with Crippen molar-refractivity contribution in [2.45, 2.75) is 32.2 Å². The standard InChI is InChI=1S/C20H20N2OS2/c1-2-17-16-9-11-24-18(16)8-10-22(17)19(23)12-15-13-25-20(21-15)14-6-4-3-5-7-14/h3-7,9,11,13,17H,2,8,10,12H2,1H3. The van der Waals surface area contributed by atoms with Crippen LogP contribution in [-0.2, 0) is 17.6 Å². The second-order valence-corrected chi connectivity index (χ2v) is 8.11. The Morgan fingerprint density at radius 1 is 1.24 bits per heavy atom. The van der Waals surface area contributed by atoms with E-state index < -0.39 is 0 Å². The highest BCUT2D eigenvalue weighted by Gasteiger charge is 2.30. The number of thiazole rings is 1. The average molecular weight is 369 g/mol. The van der Waals surface area contributed by atoms with Gasteiger partial charge in [-0.25, -0.2) is 4.98 Å². The zero-order valence-electron chi connectivity index (χ0n) is 14.1. The van der Waals surface area contributed by atoms with Crippen molar-refractivity contribution < 1.29 is 4.79 Å². The average Bonchev–Trinajstić information content (AvgIpc) is 3.30. The molecule has 3 aromatic rings. The number of thiophene rings is 1. The van der Waals surface area contributed by atoms with Crippen LogP contribution in [0.3, 0.4) is 0 Å². The van der Waals surface area contributed by atoms with Gasteiger partial charge in [0.15, 0.2) is 0 Å². The van der Waals surface area contributed by atoms with E-state index in [0.717, 1.165) is 35.7 Å². The Bertz CT molecular complexity index is 869. The molecule has 1 atom stereocenters. The second kappa shape index (κ2) is 7.10. The van der Waals surface area contributed by atoms with Gasteiger partial charge in [0.2, 0.25) is 5.91 Å². The van der Waals surface area contributed by atoms with E-state index >= 15 is 0 Å². The summed E-state index contributed by atoms with van der Waals surface area (Å²) in [7, 11) is 0. The summed E-state index contributed by atoms with van der Waals surface area (Å²) >= 11 is 3.42. The fraction of sp³-hybridized carbons (Fsp3) is 0.300. The molecule has 0 saturated carbocycles. The van der Waals surface area contributed by atoms with E-state index in [-0.39, 0.29) is 11.9 Å². The summed E-state index contributed by atoms with van der Waals surface area (Å²) < 4.78 is 0. The van der Waals surface area contributed by atoms with Gasteiger partial charge in [-0.3, -0.25) is 4.79 Å². The third kappa shape index (κ3) is 3.26.